The van der Waals surface area contributed by atoms with Crippen LogP contribution in [-0.4, -0.2) is 30.5 Å². The number of aromatic nitrogens is 5. The molecule has 3 heterocycles. The molecule has 0 spiro atoms. The standard InChI is InChI=1S/C18H18F3N5OS/c1-5-25-14(8-10(2)23-25)17(27)26-12(4)16(11(3)24-26)28-15-7-6-13(9-22-15)18(19,20)21/h6-9H,5H2,1-4H3. The van der Waals surface area contributed by atoms with Gasteiger partial charge in [-0.05, 0) is 45.9 Å². The number of nitrogens with zero attached hydrogens (tertiary/aromatic N) is 5. The summed E-state index contributed by atoms with van der Waals surface area (Å²) >= 11 is 1.17. The lowest BCUT2D eigenvalue weighted by atomic mass is 10.3. The Morgan fingerprint density at radius 2 is 1.89 bits per heavy atom. The highest BCUT2D eigenvalue weighted by Gasteiger charge is 2.30. The van der Waals surface area contributed by atoms with E-state index in [1.165, 1.54) is 22.5 Å². The van der Waals surface area contributed by atoms with Crippen LogP contribution in [0.4, 0.5) is 13.2 Å². The van der Waals surface area contributed by atoms with E-state index in [0.717, 1.165) is 18.0 Å². The molecule has 0 aliphatic rings. The molecule has 0 atom stereocenters. The number of carbonyl (C=O) groups is 1. The van der Waals surface area contributed by atoms with Gasteiger partial charge in [0.1, 0.15) is 10.7 Å². The Morgan fingerprint density at radius 3 is 2.46 bits per heavy atom. The van der Waals surface area contributed by atoms with Crippen molar-refractivity contribution >= 4 is 17.7 Å². The Kier molecular flexibility index (Phi) is 5.33. The zero-order chi connectivity index (χ0) is 20.6. The van der Waals surface area contributed by atoms with Gasteiger partial charge in [-0.1, -0.05) is 11.8 Å². The third kappa shape index (κ3) is 3.82. The van der Waals surface area contributed by atoms with Gasteiger partial charge in [-0.15, -0.1) is 0 Å². The molecule has 0 N–H and O–H groups in total. The fraction of sp³-hybridized carbons (Fsp3) is 0.333. The molecule has 3 aromatic rings. The fourth-order valence-corrected chi connectivity index (χ4v) is 3.63. The van der Waals surface area contributed by atoms with E-state index in [-0.39, 0.29) is 5.91 Å². The highest BCUT2D eigenvalue weighted by atomic mass is 32.2. The average molecular weight is 409 g/mol. The summed E-state index contributed by atoms with van der Waals surface area (Å²) in [4.78, 5) is 17.5. The van der Waals surface area contributed by atoms with Gasteiger partial charge in [-0.2, -0.15) is 28.1 Å². The van der Waals surface area contributed by atoms with Gasteiger partial charge in [0.15, 0.2) is 0 Å². The number of hydrogen-bond acceptors (Lipinski definition) is 5. The van der Waals surface area contributed by atoms with Crippen molar-refractivity contribution in [1.82, 2.24) is 24.5 Å². The molecular weight excluding hydrogens is 391 g/mol. The van der Waals surface area contributed by atoms with Crippen molar-refractivity contribution in [3.8, 4) is 0 Å². The Balaban J connectivity index is 1.91. The van der Waals surface area contributed by atoms with Crippen molar-refractivity contribution in [2.24, 2.45) is 0 Å². The lowest BCUT2D eigenvalue weighted by Crippen LogP contribution is -2.19. The number of alkyl halides is 3. The van der Waals surface area contributed by atoms with Gasteiger partial charge >= 0.3 is 6.18 Å². The summed E-state index contributed by atoms with van der Waals surface area (Å²) < 4.78 is 41.0. The number of hydrogen-bond donors (Lipinski definition) is 0. The molecule has 148 valence electrons. The zero-order valence-electron chi connectivity index (χ0n) is 15.7. The first kappa shape index (κ1) is 20.1. The van der Waals surface area contributed by atoms with Crippen molar-refractivity contribution < 1.29 is 18.0 Å². The highest BCUT2D eigenvalue weighted by molar-refractivity contribution is 7.99. The fourth-order valence-electron chi connectivity index (χ4n) is 2.75. The van der Waals surface area contributed by atoms with Crippen LogP contribution in [0.15, 0.2) is 34.3 Å². The summed E-state index contributed by atoms with van der Waals surface area (Å²) in [5.41, 5.74) is 1.54. The van der Waals surface area contributed by atoms with Crippen molar-refractivity contribution in [3.05, 3.63) is 52.7 Å². The molecule has 6 nitrogen and oxygen atoms in total. The van der Waals surface area contributed by atoms with E-state index >= 15 is 0 Å². The first-order valence-corrected chi connectivity index (χ1v) is 9.30. The molecule has 0 aliphatic carbocycles. The summed E-state index contributed by atoms with van der Waals surface area (Å²) in [6, 6.07) is 3.99. The normalized spacial score (nSPS) is 11.8. The molecule has 3 aromatic heterocycles. The van der Waals surface area contributed by atoms with Crippen molar-refractivity contribution in [3.63, 3.8) is 0 Å². The first-order chi connectivity index (χ1) is 13.1. The monoisotopic (exact) mass is 409 g/mol. The predicted octanol–water partition coefficient (Wildman–Crippen LogP) is 4.28. The van der Waals surface area contributed by atoms with Gasteiger partial charge in [-0.25, -0.2) is 4.98 Å². The lowest BCUT2D eigenvalue weighted by molar-refractivity contribution is -0.137. The van der Waals surface area contributed by atoms with Crippen LogP contribution in [0.5, 0.6) is 0 Å². The van der Waals surface area contributed by atoms with E-state index in [4.69, 9.17) is 0 Å². The number of halogens is 3. The quantitative estimate of drug-likeness (QED) is 0.644. The van der Waals surface area contributed by atoms with Crippen molar-refractivity contribution in [1.29, 1.82) is 0 Å². The second-order valence-corrected chi connectivity index (χ2v) is 7.22. The van der Waals surface area contributed by atoms with Crippen LogP contribution in [0.3, 0.4) is 0 Å². The predicted molar refractivity (Wildman–Crippen MR) is 97.4 cm³/mol. The van der Waals surface area contributed by atoms with E-state index in [1.807, 2.05) is 13.8 Å². The molecule has 0 bridgehead atoms. The van der Waals surface area contributed by atoms with Crippen LogP contribution < -0.4 is 0 Å². The summed E-state index contributed by atoms with van der Waals surface area (Å²) in [6.07, 6.45) is -3.63. The Labute approximate surface area is 163 Å². The van der Waals surface area contributed by atoms with Crippen LogP contribution >= 0.6 is 11.8 Å². The van der Waals surface area contributed by atoms with Gasteiger partial charge in [0.2, 0.25) is 0 Å². The number of aryl methyl sites for hydroxylation is 3. The summed E-state index contributed by atoms with van der Waals surface area (Å²) in [5.74, 6) is -0.310. The van der Waals surface area contributed by atoms with Crippen LogP contribution in [0.2, 0.25) is 0 Å². The van der Waals surface area contributed by atoms with E-state index < -0.39 is 11.7 Å². The summed E-state index contributed by atoms with van der Waals surface area (Å²) in [7, 11) is 0. The van der Waals surface area contributed by atoms with Gasteiger partial charge in [0.25, 0.3) is 5.91 Å². The minimum absolute atomic E-state index is 0.310. The smallest absolute Gasteiger partial charge is 0.265 e. The maximum atomic E-state index is 12.9. The first-order valence-electron chi connectivity index (χ1n) is 8.48. The van der Waals surface area contributed by atoms with Gasteiger partial charge < -0.3 is 0 Å². The molecule has 28 heavy (non-hydrogen) atoms. The third-order valence-electron chi connectivity index (χ3n) is 4.11. The number of pyridine rings is 1. The topological polar surface area (TPSA) is 65.6 Å². The van der Waals surface area contributed by atoms with Crippen LogP contribution in [0.25, 0.3) is 0 Å². The molecule has 0 saturated carbocycles. The molecule has 0 radical (unpaired) electrons. The molecule has 0 aliphatic heterocycles. The SMILES string of the molecule is CCn1nc(C)cc1C(=O)n1nc(C)c(Sc2ccc(C(F)(F)F)cn2)c1C. The van der Waals surface area contributed by atoms with E-state index in [1.54, 1.807) is 24.6 Å². The summed E-state index contributed by atoms with van der Waals surface area (Å²) in [6.45, 7) is 7.73. The molecule has 0 saturated heterocycles. The molecule has 10 heteroatoms. The van der Waals surface area contributed by atoms with Gasteiger partial charge in [0.05, 0.1) is 27.5 Å². The van der Waals surface area contributed by atoms with E-state index in [0.29, 0.717) is 33.5 Å². The van der Waals surface area contributed by atoms with Crippen molar-refractivity contribution in [2.75, 3.05) is 0 Å². The van der Waals surface area contributed by atoms with Crippen molar-refractivity contribution in [2.45, 2.75) is 50.3 Å². The highest BCUT2D eigenvalue weighted by Crippen LogP contribution is 2.34. The minimum Gasteiger partial charge on any atom is -0.265 e. The molecule has 0 fully saturated rings. The molecule has 0 unspecified atom stereocenters. The van der Waals surface area contributed by atoms with Gasteiger partial charge in [0, 0.05) is 12.7 Å². The maximum absolute atomic E-state index is 12.9. The molecule has 3 rings (SSSR count). The minimum atomic E-state index is -4.43. The summed E-state index contributed by atoms with van der Waals surface area (Å²) in [5, 5.41) is 8.99. The third-order valence-corrected chi connectivity index (χ3v) is 5.35. The maximum Gasteiger partial charge on any atom is 0.417 e. The van der Waals surface area contributed by atoms with Crippen LogP contribution in [-0.2, 0) is 12.7 Å². The molecular formula is C18H18F3N5OS. The van der Waals surface area contributed by atoms with Crippen LogP contribution in [0, 0.1) is 20.8 Å². The average Bonchev–Trinajstić information content (AvgIpc) is 3.15. The second-order valence-electron chi connectivity index (χ2n) is 6.19. The second kappa shape index (κ2) is 7.42. The van der Waals surface area contributed by atoms with Crippen LogP contribution in [0.1, 0.15) is 40.1 Å². The molecule has 0 aromatic carbocycles. The molecule has 0 amide bonds. The Morgan fingerprint density at radius 1 is 1.18 bits per heavy atom. The largest absolute Gasteiger partial charge is 0.417 e. The lowest BCUT2D eigenvalue weighted by Gasteiger charge is -2.07. The zero-order valence-corrected chi connectivity index (χ0v) is 16.5. The number of rotatable bonds is 4. The Hall–Kier alpha value is -2.62. The van der Waals surface area contributed by atoms with Gasteiger partial charge in [-0.3, -0.25) is 9.48 Å². The van der Waals surface area contributed by atoms with E-state index in [2.05, 4.69) is 15.2 Å². The van der Waals surface area contributed by atoms with E-state index in [9.17, 15) is 18.0 Å². The Bertz CT molecular complexity index is 1020. The number of carbonyl (C=O) groups excluding carboxylic acids is 1.